The van der Waals surface area contributed by atoms with Gasteiger partial charge in [0.2, 0.25) is 5.88 Å². The van der Waals surface area contributed by atoms with Crippen LogP contribution in [-0.4, -0.2) is 30.8 Å². The summed E-state index contributed by atoms with van der Waals surface area (Å²) in [6, 6.07) is 4.42. The minimum absolute atomic E-state index is 0.483. The number of pyridine rings is 1. The van der Waals surface area contributed by atoms with Gasteiger partial charge in [0.05, 0.1) is 6.61 Å². The molecular formula is C14H24N2O2. The Labute approximate surface area is 110 Å². The van der Waals surface area contributed by atoms with Crippen molar-refractivity contribution in [2.24, 2.45) is 0 Å². The maximum atomic E-state index is 5.48. The predicted octanol–water partition coefficient (Wildman–Crippen LogP) is 2.39. The second-order valence-electron chi connectivity index (χ2n) is 4.50. The van der Waals surface area contributed by atoms with Crippen LogP contribution >= 0.6 is 0 Å². The Hall–Kier alpha value is -1.13. The van der Waals surface area contributed by atoms with E-state index in [9.17, 15) is 0 Å². The van der Waals surface area contributed by atoms with Gasteiger partial charge < -0.3 is 14.8 Å². The van der Waals surface area contributed by atoms with Gasteiger partial charge in [-0.1, -0.05) is 26.8 Å². The molecule has 1 N–H and O–H groups in total. The standard InChI is InChI=1S/C14H24N2O2/c1-4-7-17-8-9-18-14-6-5-13(11-16-14)10-15-12(2)3/h5-6,11-12,15H,4,7-10H2,1-3H3. The van der Waals surface area contributed by atoms with Crippen molar-refractivity contribution in [1.29, 1.82) is 0 Å². The average molecular weight is 252 g/mol. The molecule has 1 aromatic heterocycles. The van der Waals surface area contributed by atoms with Crippen LogP contribution in [0.15, 0.2) is 18.3 Å². The fraction of sp³-hybridized carbons (Fsp3) is 0.643. The molecule has 1 aromatic rings. The van der Waals surface area contributed by atoms with Crippen LogP contribution in [0.2, 0.25) is 0 Å². The van der Waals surface area contributed by atoms with Crippen LogP contribution in [-0.2, 0) is 11.3 Å². The van der Waals surface area contributed by atoms with Crippen molar-refractivity contribution in [3.8, 4) is 5.88 Å². The molecule has 4 nitrogen and oxygen atoms in total. The third kappa shape index (κ3) is 6.57. The molecule has 0 radical (unpaired) electrons. The topological polar surface area (TPSA) is 43.4 Å². The van der Waals surface area contributed by atoms with Crippen LogP contribution in [0.25, 0.3) is 0 Å². The van der Waals surface area contributed by atoms with Crippen molar-refractivity contribution in [1.82, 2.24) is 10.3 Å². The van der Waals surface area contributed by atoms with Crippen molar-refractivity contribution in [2.45, 2.75) is 39.8 Å². The third-order valence-corrected chi connectivity index (χ3v) is 2.34. The molecule has 0 bridgehead atoms. The van der Waals surface area contributed by atoms with E-state index >= 15 is 0 Å². The van der Waals surface area contributed by atoms with Crippen LogP contribution in [0.3, 0.4) is 0 Å². The number of nitrogens with zero attached hydrogens (tertiary/aromatic N) is 1. The molecule has 0 spiro atoms. The molecule has 0 aliphatic rings. The van der Waals surface area contributed by atoms with Crippen molar-refractivity contribution in [2.75, 3.05) is 19.8 Å². The van der Waals surface area contributed by atoms with Gasteiger partial charge >= 0.3 is 0 Å². The molecule has 0 saturated heterocycles. The van der Waals surface area contributed by atoms with Gasteiger partial charge in [0.15, 0.2) is 0 Å². The van der Waals surface area contributed by atoms with E-state index in [1.54, 1.807) is 0 Å². The van der Waals surface area contributed by atoms with E-state index in [1.165, 1.54) is 5.56 Å². The molecule has 0 amide bonds. The lowest BCUT2D eigenvalue weighted by atomic mass is 10.2. The number of aromatic nitrogens is 1. The van der Waals surface area contributed by atoms with E-state index in [-0.39, 0.29) is 0 Å². The van der Waals surface area contributed by atoms with Crippen LogP contribution < -0.4 is 10.1 Å². The predicted molar refractivity (Wildman–Crippen MR) is 72.8 cm³/mol. The normalized spacial score (nSPS) is 10.9. The molecule has 0 saturated carbocycles. The molecule has 0 aliphatic heterocycles. The summed E-state index contributed by atoms with van der Waals surface area (Å²) in [6.45, 7) is 9.14. The Morgan fingerprint density at radius 2 is 2.06 bits per heavy atom. The van der Waals surface area contributed by atoms with Crippen LogP contribution in [0, 0.1) is 0 Å². The zero-order valence-corrected chi connectivity index (χ0v) is 11.6. The molecule has 0 atom stereocenters. The molecule has 1 rings (SSSR count). The molecule has 0 unspecified atom stereocenters. The highest BCUT2D eigenvalue weighted by molar-refractivity contribution is 5.17. The Morgan fingerprint density at radius 1 is 1.22 bits per heavy atom. The van der Waals surface area contributed by atoms with Crippen molar-refractivity contribution in [3.05, 3.63) is 23.9 Å². The fourth-order valence-corrected chi connectivity index (χ4v) is 1.37. The summed E-state index contributed by atoms with van der Waals surface area (Å²) in [5.74, 6) is 0.656. The average Bonchev–Trinajstić information content (AvgIpc) is 2.37. The Balaban J connectivity index is 2.23. The maximum Gasteiger partial charge on any atom is 0.213 e. The number of ether oxygens (including phenoxy) is 2. The summed E-state index contributed by atoms with van der Waals surface area (Å²) < 4.78 is 10.8. The summed E-state index contributed by atoms with van der Waals surface area (Å²) in [5, 5.41) is 3.35. The molecular weight excluding hydrogens is 228 g/mol. The molecule has 102 valence electrons. The van der Waals surface area contributed by atoms with Crippen molar-refractivity contribution < 1.29 is 9.47 Å². The number of rotatable bonds is 9. The zero-order chi connectivity index (χ0) is 13.2. The van der Waals surface area contributed by atoms with Gasteiger partial charge in [0, 0.05) is 31.5 Å². The lowest BCUT2D eigenvalue weighted by molar-refractivity contribution is 0.0990. The summed E-state index contributed by atoms with van der Waals surface area (Å²) in [6.07, 6.45) is 2.88. The Kier molecular flexibility index (Phi) is 7.37. The quantitative estimate of drug-likeness (QED) is 0.685. The smallest absolute Gasteiger partial charge is 0.213 e. The van der Waals surface area contributed by atoms with E-state index in [0.29, 0.717) is 25.1 Å². The first-order chi connectivity index (χ1) is 8.72. The lowest BCUT2D eigenvalue weighted by Crippen LogP contribution is -2.21. The summed E-state index contributed by atoms with van der Waals surface area (Å²) in [7, 11) is 0. The van der Waals surface area contributed by atoms with E-state index in [1.807, 2.05) is 18.3 Å². The largest absolute Gasteiger partial charge is 0.475 e. The van der Waals surface area contributed by atoms with Crippen LogP contribution in [0.1, 0.15) is 32.8 Å². The fourth-order valence-electron chi connectivity index (χ4n) is 1.37. The SMILES string of the molecule is CCCOCCOc1ccc(CNC(C)C)cn1. The molecule has 0 aliphatic carbocycles. The molecule has 0 fully saturated rings. The monoisotopic (exact) mass is 252 g/mol. The Bertz CT molecular complexity index is 312. The Morgan fingerprint density at radius 3 is 2.67 bits per heavy atom. The van der Waals surface area contributed by atoms with Gasteiger partial charge in [-0.25, -0.2) is 4.98 Å². The number of nitrogens with one attached hydrogen (secondary N) is 1. The molecule has 1 heterocycles. The first kappa shape index (κ1) is 14.9. The van der Waals surface area contributed by atoms with Gasteiger partial charge in [0.1, 0.15) is 6.61 Å². The van der Waals surface area contributed by atoms with Gasteiger partial charge in [-0.15, -0.1) is 0 Å². The second-order valence-corrected chi connectivity index (χ2v) is 4.50. The maximum absolute atomic E-state index is 5.48. The van der Waals surface area contributed by atoms with Crippen LogP contribution in [0.5, 0.6) is 5.88 Å². The number of hydrogen-bond donors (Lipinski definition) is 1. The molecule has 18 heavy (non-hydrogen) atoms. The highest BCUT2D eigenvalue weighted by atomic mass is 16.5. The summed E-state index contributed by atoms with van der Waals surface area (Å²) in [5.41, 5.74) is 1.17. The second kappa shape index (κ2) is 8.89. The number of hydrogen-bond acceptors (Lipinski definition) is 4. The minimum Gasteiger partial charge on any atom is -0.475 e. The van der Waals surface area contributed by atoms with Crippen molar-refractivity contribution >= 4 is 0 Å². The van der Waals surface area contributed by atoms with E-state index in [2.05, 4.69) is 31.1 Å². The molecule has 4 heteroatoms. The molecule has 0 aromatic carbocycles. The zero-order valence-electron chi connectivity index (χ0n) is 11.6. The van der Waals surface area contributed by atoms with E-state index in [4.69, 9.17) is 9.47 Å². The third-order valence-electron chi connectivity index (χ3n) is 2.34. The first-order valence-corrected chi connectivity index (χ1v) is 6.61. The van der Waals surface area contributed by atoms with E-state index < -0.39 is 0 Å². The van der Waals surface area contributed by atoms with Crippen molar-refractivity contribution in [3.63, 3.8) is 0 Å². The van der Waals surface area contributed by atoms with Crippen LogP contribution in [0.4, 0.5) is 0 Å². The highest BCUT2D eigenvalue weighted by Gasteiger charge is 1.98. The van der Waals surface area contributed by atoms with Gasteiger partial charge in [-0.2, -0.15) is 0 Å². The summed E-state index contributed by atoms with van der Waals surface area (Å²) >= 11 is 0. The first-order valence-electron chi connectivity index (χ1n) is 6.61. The lowest BCUT2D eigenvalue weighted by Gasteiger charge is -2.09. The van der Waals surface area contributed by atoms with Gasteiger partial charge in [-0.3, -0.25) is 0 Å². The summed E-state index contributed by atoms with van der Waals surface area (Å²) in [4.78, 5) is 4.26. The minimum atomic E-state index is 0.483. The van der Waals surface area contributed by atoms with Gasteiger partial charge in [0.25, 0.3) is 0 Å². The van der Waals surface area contributed by atoms with Gasteiger partial charge in [-0.05, 0) is 12.0 Å². The highest BCUT2D eigenvalue weighted by Crippen LogP contribution is 2.07. The van der Waals surface area contributed by atoms with E-state index in [0.717, 1.165) is 19.6 Å².